The number of nitrogens with one attached hydrogen (secondary N) is 3. The summed E-state index contributed by atoms with van der Waals surface area (Å²) >= 11 is 0. The summed E-state index contributed by atoms with van der Waals surface area (Å²) in [6, 6.07) is 14.6. The van der Waals surface area contributed by atoms with Crippen LogP contribution in [0.1, 0.15) is 37.3 Å². The van der Waals surface area contributed by atoms with E-state index in [1.165, 1.54) is 19.1 Å². The fourth-order valence-corrected chi connectivity index (χ4v) is 3.60. The monoisotopic (exact) mass is 532 g/mol. The van der Waals surface area contributed by atoms with Crippen LogP contribution in [0.2, 0.25) is 0 Å². The van der Waals surface area contributed by atoms with Crippen molar-refractivity contribution in [2.24, 2.45) is 0 Å². The predicted molar refractivity (Wildman–Crippen MR) is 145 cm³/mol. The lowest BCUT2D eigenvalue weighted by atomic mass is 10.2. The van der Waals surface area contributed by atoms with Gasteiger partial charge in [0.25, 0.3) is 0 Å². The smallest absolute Gasteiger partial charge is 0.220 e. The standard InChI is InChI=1S/C15H23N3O2.C12H14FNO2.CH4O/c1-14(20)17-9-5-8-16-10-11-18(13-19)12-15-6-3-2-4-7-15;1-8-4-9(13)6-11(5-8)16-7-10-2-3-12(15)14-10;1-2/h2-4,6-7,13,16H,5,8-12H2,1H3,(H,17,20);4-6,10H,2-3,7H2,1H3,(H,14,15);2H,1H3. The molecular weight excluding hydrogens is 491 g/mol. The number of carbonyl (C=O) groups excluding carboxylic acids is 3. The van der Waals surface area contributed by atoms with Crippen LogP contribution in [0.4, 0.5) is 4.39 Å². The zero-order valence-corrected chi connectivity index (χ0v) is 22.5. The highest BCUT2D eigenvalue weighted by Crippen LogP contribution is 2.17. The van der Waals surface area contributed by atoms with E-state index in [1.807, 2.05) is 37.3 Å². The molecule has 0 spiro atoms. The molecule has 1 aliphatic heterocycles. The number of aliphatic hydroxyl groups excluding tert-OH is 1. The second-order valence-corrected chi connectivity index (χ2v) is 8.73. The molecule has 4 N–H and O–H groups in total. The second-order valence-electron chi connectivity index (χ2n) is 8.73. The predicted octanol–water partition coefficient (Wildman–Crippen LogP) is 2.16. The Balaban J connectivity index is 0.000000363. The molecule has 210 valence electrons. The Bertz CT molecular complexity index is 941. The minimum absolute atomic E-state index is 0.00000821. The molecule has 0 radical (unpaired) electrons. The van der Waals surface area contributed by atoms with Gasteiger partial charge in [0, 0.05) is 52.7 Å². The van der Waals surface area contributed by atoms with Crippen molar-refractivity contribution in [3.63, 3.8) is 0 Å². The molecule has 10 heteroatoms. The van der Waals surface area contributed by atoms with Crippen molar-refractivity contribution in [2.75, 3.05) is 39.9 Å². The van der Waals surface area contributed by atoms with Gasteiger partial charge in [-0.2, -0.15) is 0 Å². The third-order valence-electron chi connectivity index (χ3n) is 5.41. The molecule has 1 atom stereocenters. The van der Waals surface area contributed by atoms with Crippen molar-refractivity contribution in [3.05, 3.63) is 65.5 Å². The zero-order chi connectivity index (χ0) is 28.2. The molecular formula is C28H41FN4O5. The lowest BCUT2D eigenvalue weighted by Gasteiger charge is -2.17. The number of carbonyl (C=O) groups is 3. The highest BCUT2D eigenvalue weighted by atomic mass is 19.1. The molecule has 0 saturated carbocycles. The highest BCUT2D eigenvalue weighted by molar-refractivity contribution is 5.78. The summed E-state index contributed by atoms with van der Waals surface area (Å²) in [5.41, 5.74) is 1.95. The van der Waals surface area contributed by atoms with Gasteiger partial charge in [0.2, 0.25) is 18.2 Å². The molecule has 1 fully saturated rings. The summed E-state index contributed by atoms with van der Waals surface area (Å²) in [6.07, 6.45) is 3.11. The summed E-state index contributed by atoms with van der Waals surface area (Å²) in [5, 5.41) is 15.8. The van der Waals surface area contributed by atoms with Gasteiger partial charge in [0.15, 0.2) is 0 Å². The summed E-state index contributed by atoms with van der Waals surface area (Å²) in [7, 11) is 1.00. The molecule has 1 heterocycles. The molecule has 0 bridgehead atoms. The molecule has 2 aromatic carbocycles. The number of ether oxygens (including phenoxy) is 1. The number of benzene rings is 2. The van der Waals surface area contributed by atoms with Gasteiger partial charge >= 0.3 is 0 Å². The van der Waals surface area contributed by atoms with Crippen LogP contribution in [0.3, 0.4) is 0 Å². The Kier molecular flexibility index (Phi) is 16.8. The van der Waals surface area contributed by atoms with Gasteiger partial charge in [0.05, 0.1) is 6.04 Å². The Morgan fingerprint density at radius 3 is 2.53 bits per heavy atom. The molecule has 1 unspecified atom stereocenters. The van der Waals surface area contributed by atoms with Gasteiger partial charge in [-0.05, 0) is 49.6 Å². The SMILES string of the molecule is CC(=O)NCCCNCCN(C=O)Cc1ccccc1.CO.Cc1cc(F)cc(OCC2CCC(=O)N2)c1. The van der Waals surface area contributed by atoms with E-state index in [0.29, 0.717) is 38.4 Å². The van der Waals surface area contributed by atoms with Crippen LogP contribution < -0.4 is 20.7 Å². The van der Waals surface area contributed by atoms with Gasteiger partial charge in [-0.15, -0.1) is 0 Å². The lowest BCUT2D eigenvalue weighted by molar-refractivity contribution is -0.120. The first-order valence-corrected chi connectivity index (χ1v) is 12.7. The fourth-order valence-electron chi connectivity index (χ4n) is 3.60. The van der Waals surface area contributed by atoms with Gasteiger partial charge in [-0.3, -0.25) is 14.4 Å². The average Bonchev–Trinajstić information content (AvgIpc) is 3.32. The van der Waals surface area contributed by atoms with Gasteiger partial charge in [-0.1, -0.05) is 30.3 Å². The van der Waals surface area contributed by atoms with Crippen molar-refractivity contribution >= 4 is 18.2 Å². The first kappa shape index (κ1) is 32.5. The Morgan fingerprint density at radius 2 is 1.92 bits per heavy atom. The number of hydrogen-bond acceptors (Lipinski definition) is 6. The first-order valence-electron chi connectivity index (χ1n) is 12.7. The van der Waals surface area contributed by atoms with E-state index in [-0.39, 0.29) is 23.7 Å². The van der Waals surface area contributed by atoms with Gasteiger partial charge in [0.1, 0.15) is 18.2 Å². The Labute approximate surface area is 224 Å². The first-order chi connectivity index (χ1) is 18.4. The quantitative estimate of drug-likeness (QED) is 0.232. The van der Waals surface area contributed by atoms with Crippen LogP contribution in [0.15, 0.2) is 48.5 Å². The van der Waals surface area contributed by atoms with E-state index in [1.54, 1.807) is 11.0 Å². The number of amides is 3. The van der Waals surface area contributed by atoms with E-state index in [0.717, 1.165) is 50.6 Å². The second kappa shape index (κ2) is 19.6. The number of nitrogens with zero attached hydrogens (tertiary/aromatic N) is 1. The molecule has 9 nitrogen and oxygen atoms in total. The highest BCUT2D eigenvalue weighted by Gasteiger charge is 2.21. The third-order valence-corrected chi connectivity index (χ3v) is 5.41. The maximum Gasteiger partial charge on any atom is 0.220 e. The average molecular weight is 533 g/mol. The molecule has 38 heavy (non-hydrogen) atoms. The maximum absolute atomic E-state index is 13.0. The van der Waals surface area contributed by atoms with Crippen molar-refractivity contribution in [3.8, 4) is 5.75 Å². The van der Waals surface area contributed by atoms with Crippen LogP contribution in [0, 0.1) is 12.7 Å². The summed E-state index contributed by atoms with van der Waals surface area (Å²) < 4.78 is 18.5. The Hall–Kier alpha value is -3.50. The van der Waals surface area contributed by atoms with Crippen LogP contribution in [0.25, 0.3) is 0 Å². The number of halogens is 1. The van der Waals surface area contributed by atoms with Crippen molar-refractivity contribution in [1.82, 2.24) is 20.9 Å². The van der Waals surface area contributed by atoms with Crippen molar-refractivity contribution in [1.29, 1.82) is 0 Å². The molecule has 1 aliphatic rings. The number of rotatable bonds is 13. The normalized spacial score (nSPS) is 13.7. The largest absolute Gasteiger partial charge is 0.491 e. The van der Waals surface area contributed by atoms with Gasteiger partial charge < -0.3 is 30.7 Å². The van der Waals surface area contributed by atoms with Gasteiger partial charge in [-0.25, -0.2) is 4.39 Å². The van der Waals surface area contributed by atoms with Crippen molar-refractivity contribution < 1.29 is 28.6 Å². The van der Waals surface area contributed by atoms with E-state index in [4.69, 9.17) is 9.84 Å². The van der Waals surface area contributed by atoms with E-state index >= 15 is 0 Å². The summed E-state index contributed by atoms with van der Waals surface area (Å²) in [4.78, 5) is 34.4. The zero-order valence-electron chi connectivity index (χ0n) is 22.5. The van der Waals surface area contributed by atoms with E-state index in [9.17, 15) is 18.8 Å². The van der Waals surface area contributed by atoms with Crippen LogP contribution in [-0.2, 0) is 20.9 Å². The molecule has 3 rings (SSSR count). The van der Waals surface area contributed by atoms with Crippen LogP contribution in [-0.4, -0.2) is 74.2 Å². The number of aryl methyl sites for hydroxylation is 1. The van der Waals surface area contributed by atoms with Crippen LogP contribution in [0.5, 0.6) is 5.75 Å². The van der Waals surface area contributed by atoms with E-state index < -0.39 is 0 Å². The summed E-state index contributed by atoms with van der Waals surface area (Å²) in [6.45, 7) is 7.31. The molecule has 2 aromatic rings. The molecule has 1 saturated heterocycles. The molecule has 3 amide bonds. The van der Waals surface area contributed by atoms with Crippen molar-refractivity contribution in [2.45, 2.75) is 45.7 Å². The van der Waals surface area contributed by atoms with Crippen LogP contribution >= 0.6 is 0 Å². The third kappa shape index (κ3) is 14.9. The minimum atomic E-state index is -0.301. The Morgan fingerprint density at radius 1 is 1.18 bits per heavy atom. The fraction of sp³-hybridized carbons (Fsp3) is 0.464. The topological polar surface area (TPSA) is 120 Å². The maximum atomic E-state index is 13.0. The molecule has 0 aromatic heterocycles. The van der Waals surface area contributed by atoms with E-state index in [2.05, 4.69) is 16.0 Å². The molecule has 0 aliphatic carbocycles. The minimum Gasteiger partial charge on any atom is -0.491 e. The number of hydrogen-bond donors (Lipinski definition) is 4. The number of aliphatic hydroxyl groups is 1. The lowest BCUT2D eigenvalue weighted by Crippen LogP contribution is -2.32. The summed E-state index contributed by atoms with van der Waals surface area (Å²) in [5.74, 6) is 0.271.